The van der Waals surface area contributed by atoms with Crippen LogP contribution in [0.3, 0.4) is 0 Å². The van der Waals surface area contributed by atoms with Crippen molar-refractivity contribution in [1.29, 1.82) is 0 Å². The van der Waals surface area contributed by atoms with E-state index in [4.69, 9.17) is 0 Å². The van der Waals surface area contributed by atoms with Crippen LogP contribution in [0.5, 0.6) is 0 Å². The van der Waals surface area contributed by atoms with Crippen molar-refractivity contribution in [2.24, 2.45) is 0 Å². The van der Waals surface area contributed by atoms with Gasteiger partial charge in [0.2, 0.25) is 5.91 Å². The molecule has 1 N–H and O–H groups in total. The maximum Gasteiger partial charge on any atom is 0.230 e. The van der Waals surface area contributed by atoms with E-state index in [1.165, 1.54) is 28.8 Å². The van der Waals surface area contributed by atoms with E-state index in [0.29, 0.717) is 11.5 Å². The van der Waals surface area contributed by atoms with Crippen molar-refractivity contribution < 1.29 is 9.18 Å². The molecule has 2 aromatic carbocycles. The number of rotatable bonds is 7. The summed E-state index contributed by atoms with van der Waals surface area (Å²) in [5.74, 6) is 0.905. The Kier molecular flexibility index (Phi) is 6.85. The van der Waals surface area contributed by atoms with Crippen molar-refractivity contribution in [2.45, 2.75) is 39.0 Å². The van der Waals surface area contributed by atoms with Crippen LogP contribution in [0.4, 0.5) is 4.39 Å². The molecule has 0 radical (unpaired) electrons. The largest absolute Gasteiger partial charge is 0.349 e. The minimum atomic E-state index is -0.235. The summed E-state index contributed by atoms with van der Waals surface area (Å²) in [7, 11) is 0. The predicted molar refractivity (Wildman–Crippen MR) is 99.7 cm³/mol. The van der Waals surface area contributed by atoms with Gasteiger partial charge < -0.3 is 5.32 Å². The Morgan fingerprint density at radius 2 is 1.88 bits per heavy atom. The van der Waals surface area contributed by atoms with E-state index in [1.807, 2.05) is 0 Å². The maximum absolute atomic E-state index is 12.9. The monoisotopic (exact) mass is 345 g/mol. The van der Waals surface area contributed by atoms with E-state index < -0.39 is 0 Å². The molecule has 2 nitrogen and oxygen atoms in total. The zero-order valence-corrected chi connectivity index (χ0v) is 15.3. The van der Waals surface area contributed by atoms with Crippen molar-refractivity contribution in [1.82, 2.24) is 5.32 Å². The van der Waals surface area contributed by atoms with Crippen molar-refractivity contribution in [3.63, 3.8) is 0 Å². The molecule has 0 bridgehead atoms. The van der Waals surface area contributed by atoms with E-state index >= 15 is 0 Å². The quantitative estimate of drug-likeness (QED) is 0.770. The summed E-state index contributed by atoms with van der Waals surface area (Å²) < 4.78 is 12.9. The van der Waals surface area contributed by atoms with Crippen LogP contribution in [-0.4, -0.2) is 11.7 Å². The van der Waals surface area contributed by atoms with Crippen molar-refractivity contribution in [3.05, 3.63) is 70.5 Å². The minimum Gasteiger partial charge on any atom is -0.349 e. The van der Waals surface area contributed by atoms with Crippen LogP contribution in [0.1, 0.15) is 41.6 Å². The number of benzene rings is 2. The predicted octanol–water partition coefficient (Wildman–Crippen LogP) is 4.94. The highest BCUT2D eigenvalue weighted by Crippen LogP contribution is 2.22. The Balaban J connectivity index is 1.86. The molecular formula is C20H24FNOS. The van der Waals surface area contributed by atoms with Gasteiger partial charge in [-0.25, -0.2) is 4.39 Å². The average Bonchev–Trinajstić information content (AvgIpc) is 2.55. The molecule has 0 heterocycles. The second kappa shape index (κ2) is 8.88. The third-order valence-corrected chi connectivity index (χ3v) is 4.96. The van der Waals surface area contributed by atoms with E-state index in [-0.39, 0.29) is 17.8 Å². The van der Waals surface area contributed by atoms with Gasteiger partial charge in [-0.3, -0.25) is 4.79 Å². The second-order valence-corrected chi connectivity index (χ2v) is 6.99. The summed E-state index contributed by atoms with van der Waals surface area (Å²) in [6.45, 7) is 6.23. The number of hydrogen-bond acceptors (Lipinski definition) is 2. The van der Waals surface area contributed by atoms with Gasteiger partial charge in [-0.15, -0.1) is 11.8 Å². The summed E-state index contributed by atoms with van der Waals surface area (Å²) in [5, 5.41) is 3.12. The third-order valence-electron chi connectivity index (χ3n) is 3.96. The fourth-order valence-electron chi connectivity index (χ4n) is 2.69. The van der Waals surface area contributed by atoms with Crippen molar-refractivity contribution >= 4 is 17.7 Å². The molecule has 2 rings (SSSR count). The molecule has 4 heteroatoms. The molecule has 1 amide bonds. The number of halogens is 1. The highest BCUT2D eigenvalue weighted by atomic mass is 32.2. The Hall–Kier alpha value is -1.81. The molecule has 0 aliphatic carbocycles. The lowest BCUT2D eigenvalue weighted by atomic mass is 9.97. The van der Waals surface area contributed by atoms with E-state index in [0.717, 1.165) is 12.0 Å². The molecule has 0 aromatic heterocycles. The minimum absolute atomic E-state index is 0.0361. The first-order chi connectivity index (χ1) is 11.5. The highest BCUT2D eigenvalue weighted by molar-refractivity contribution is 7.99. The highest BCUT2D eigenvalue weighted by Gasteiger charge is 2.14. The fourth-order valence-corrected chi connectivity index (χ4v) is 3.49. The molecule has 0 spiro atoms. The van der Waals surface area contributed by atoms with E-state index in [9.17, 15) is 9.18 Å². The standard InChI is InChI=1S/C20H24FNOS/c1-4-19(18-10-5-14(2)11-15(18)3)22-20(23)13-24-12-16-6-8-17(21)9-7-16/h5-11,19H,4,12-13H2,1-3H3,(H,22,23). The Labute approximate surface area is 147 Å². The van der Waals surface area contributed by atoms with Gasteiger partial charge in [0, 0.05) is 5.75 Å². The summed E-state index contributed by atoms with van der Waals surface area (Å²) >= 11 is 1.54. The third kappa shape index (κ3) is 5.38. The molecule has 1 atom stereocenters. The van der Waals surface area contributed by atoms with E-state index in [2.05, 4.69) is 44.3 Å². The van der Waals surface area contributed by atoms with Crippen LogP contribution in [0.2, 0.25) is 0 Å². The number of aryl methyl sites for hydroxylation is 2. The lowest BCUT2D eigenvalue weighted by Gasteiger charge is -2.20. The molecule has 0 fully saturated rings. The van der Waals surface area contributed by atoms with Crippen LogP contribution in [-0.2, 0) is 10.5 Å². The number of hydrogen-bond donors (Lipinski definition) is 1. The second-order valence-electron chi connectivity index (χ2n) is 6.01. The zero-order valence-electron chi connectivity index (χ0n) is 14.4. The molecule has 0 saturated heterocycles. The van der Waals surface area contributed by atoms with Gasteiger partial charge in [-0.1, -0.05) is 42.8 Å². The molecule has 0 saturated carbocycles. The zero-order chi connectivity index (χ0) is 17.5. The first-order valence-electron chi connectivity index (χ1n) is 8.18. The van der Waals surface area contributed by atoms with Crippen molar-refractivity contribution in [2.75, 3.05) is 5.75 Å². The van der Waals surface area contributed by atoms with Crippen molar-refractivity contribution in [3.8, 4) is 0 Å². The lowest BCUT2D eigenvalue weighted by molar-refractivity contribution is -0.119. The van der Waals surface area contributed by atoms with Gasteiger partial charge in [0.1, 0.15) is 5.82 Å². The number of carbonyl (C=O) groups is 1. The topological polar surface area (TPSA) is 29.1 Å². The fraction of sp³-hybridized carbons (Fsp3) is 0.350. The number of nitrogens with one attached hydrogen (secondary N) is 1. The molecule has 0 aliphatic rings. The molecule has 128 valence electrons. The molecular weight excluding hydrogens is 321 g/mol. The van der Waals surface area contributed by atoms with Gasteiger partial charge in [0.05, 0.1) is 11.8 Å². The summed E-state index contributed by atoms with van der Waals surface area (Å²) in [6.07, 6.45) is 0.859. The maximum atomic E-state index is 12.9. The Morgan fingerprint density at radius 3 is 2.50 bits per heavy atom. The van der Waals surface area contributed by atoms with Gasteiger partial charge in [-0.2, -0.15) is 0 Å². The lowest BCUT2D eigenvalue weighted by Crippen LogP contribution is -2.30. The first kappa shape index (κ1) is 18.5. The molecule has 1 unspecified atom stereocenters. The van der Waals surface area contributed by atoms with Gasteiger partial charge >= 0.3 is 0 Å². The SMILES string of the molecule is CCC(NC(=O)CSCc1ccc(F)cc1)c1ccc(C)cc1C. The van der Waals surface area contributed by atoms with Gasteiger partial charge in [0.25, 0.3) is 0 Å². The average molecular weight is 345 g/mol. The van der Waals surface area contributed by atoms with Crippen LogP contribution in [0.15, 0.2) is 42.5 Å². The smallest absolute Gasteiger partial charge is 0.230 e. The normalized spacial score (nSPS) is 12.0. The van der Waals surface area contributed by atoms with Crippen LogP contribution < -0.4 is 5.32 Å². The van der Waals surface area contributed by atoms with Gasteiger partial charge in [-0.05, 0) is 49.1 Å². The first-order valence-corrected chi connectivity index (χ1v) is 9.33. The Bertz CT molecular complexity index is 685. The van der Waals surface area contributed by atoms with Crippen LogP contribution >= 0.6 is 11.8 Å². The summed E-state index contributed by atoms with van der Waals surface area (Å²) in [4.78, 5) is 12.2. The van der Waals surface area contributed by atoms with Gasteiger partial charge in [0.15, 0.2) is 0 Å². The summed E-state index contributed by atoms with van der Waals surface area (Å²) in [6, 6.07) is 12.8. The van der Waals surface area contributed by atoms with Crippen LogP contribution in [0.25, 0.3) is 0 Å². The Morgan fingerprint density at radius 1 is 1.17 bits per heavy atom. The number of thioether (sulfide) groups is 1. The molecule has 24 heavy (non-hydrogen) atoms. The summed E-state index contributed by atoms with van der Waals surface area (Å²) in [5.41, 5.74) is 4.64. The van der Waals surface area contributed by atoms with E-state index in [1.54, 1.807) is 23.9 Å². The molecule has 2 aromatic rings. The number of amides is 1. The van der Waals surface area contributed by atoms with Crippen LogP contribution in [0, 0.1) is 19.7 Å². The number of carbonyl (C=O) groups excluding carboxylic acids is 1. The molecule has 0 aliphatic heterocycles.